The van der Waals surface area contributed by atoms with Gasteiger partial charge in [0.2, 0.25) is 22.6 Å². The summed E-state index contributed by atoms with van der Waals surface area (Å²) in [6.07, 6.45) is 2.30. The maximum absolute atomic E-state index is 14.2. The molecule has 6 rings (SSSR count). The van der Waals surface area contributed by atoms with Crippen LogP contribution in [0.5, 0.6) is 28.7 Å². The van der Waals surface area contributed by atoms with Crippen LogP contribution in [-0.4, -0.2) is 78.4 Å². The average molecular weight is 561 g/mol. The van der Waals surface area contributed by atoms with Crippen molar-refractivity contribution in [3.63, 3.8) is 0 Å². The van der Waals surface area contributed by atoms with E-state index < -0.39 is 28.1 Å². The van der Waals surface area contributed by atoms with E-state index >= 15 is 0 Å². The first-order valence-electron chi connectivity index (χ1n) is 13.0. The minimum atomic E-state index is -3.90. The number of rotatable bonds is 6. The number of nitrogens with zero attached hydrogens (tertiary/aromatic N) is 2. The fourth-order valence-corrected chi connectivity index (χ4v) is 8.20. The Kier molecular flexibility index (Phi) is 6.51. The first-order chi connectivity index (χ1) is 18.8. The van der Waals surface area contributed by atoms with Crippen LogP contribution in [0.1, 0.15) is 58.5 Å². The summed E-state index contributed by atoms with van der Waals surface area (Å²) in [5.41, 5.74) is 2.15. The highest BCUT2D eigenvalue weighted by Gasteiger charge is 2.49. The Morgan fingerprint density at radius 2 is 1.64 bits per heavy atom. The number of fused-ring (bicyclic) bond motifs is 3. The van der Waals surface area contributed by atoms with Crippen molar-refractivity contribution >= 4 is 16.0 Å². The summed E-state index contributed by atoms with van der Waals surface area (Å²) in [5, 5.41) is 0. The first-order valence-corrected chi connectivity index (χ1v) is 14.5. The number of esters is 1. The maximum atomic E-state index is 14.2. The number of hydrogen-bond donors (Lipinski definition) is 0. The molecule has 4 heterocycles. The lowest BCUT2D eigenvalue weighted by atomic mass is 9.85. The molecule has 0 amide bonds. The molecule has 0 saturated carbocycles. The molecule has 2 atom stereocenters. The highest BCUT2D eigenvalue weighted by Crippen LogP contribution is 2.58. The van der Waals surface area contributed by atoms with Crippen LogP contribution in [0.3, 0.4) is 0 Å². The van der Waals surface area contributed by atoms with Crippen molar-refractivity contribution in [2.75, 3.05) is 54.8 Å². The van der Waals surface area contributed by atoms with E-state index in [0.717, 1.165) is 19.3 Å². The van der Waals surface area contributed by atoms with Gasteiger partial charge in [-0.1, -0.05) is 12.5 Å². The third kappa shape index (κ3) is 3.83. The van der Waals surface area contributed by atoms with Crippen molar-refractivity contribution in [1.82, 2.24) is 9.21 Å². The second-order valence-corrected chi connectivity index (χ2v) is 11.9. The van der Waals surface area contributed by atoms with Gasteiger partial charge in [0.15, 0.2) is 23.0 Å². The van der Waals surface area contributed by atoms with Gasteiger partial charge >= 0.3 is 5.97 Å². The Morgan fingerprint density at radius 3 is 2.33 bits per heavy atom. The molecule has 2 aromatic carbocycles. The van der Waals surface area contributed by atoms with E-state index in [9.17, 15) is 13.2 Å². The van der Waals surface area contributed by atoms with Crippen molar-refractivity contribution in [3.05, 3.63) is 34.4 Å². The van der Waals surface area contributed by atoms with Gasteiger partial charge in [-0.05, 0) is 37.9 Å². The molecule has 0 N–H and O–H groups in total. The van der Waals surface area contributed by atoms with Crippen LogP contribution in [0.25, 0.3) is 0 Å². The summed E-state index contributed by atoms with van der Waals surface area (Å²) in [7, 11) is 2.52. The predicted molar refractivity (Wildman–Crippen MR) is 139 cm³/mol. The molecule has 2 aromatic rings. The molecule has 0 radical (unpaired) electrons. The Balaban J connectivity index is 1.58. The molecule has 0 spiro atoms. The van der Waals surface area contributed by atoms with Gasteiger partial charge in [-0.25, -0.2) is 13.2 Å². The third-order valence-corrected chi connectivity index (χ3v) is 10.1. The maximum Gasteiger partial charge on any atom is 0.343 e. The molecule has 4 aliphatic rings. The Morgan fingerprint density at radius 1 is 0.923 bits per heavy atom. The van der Waals surface area contributed by atoms with Gasteiger partial charge in [-0.3, -0.25) is 4.90 Å². The van der Waals surface area contributed by atoms with Gasteiger partial charge in [0.05, 0.1) is 27.4 Å². The normalized spacial score (nSPS) is 22.7. The number of benzene rings is 2. The Hall–Kier alpha value is -3.22. The van der Waals surface area contributed by atoms with Crippen LogP contribution in [-0.2, 0) is 21.2 Å². The van der Waals surface area contributed by atoms with E-state index in [1.807, 2.05) is 11.9 Å². The summed E-state index contributed by atoms with van der Waals surface area (Å²) in [6, 6.07) is 2.97. The topological polar surface area (TPSA) is 113 Å². The molecule has 1 unspecified atom stereocenters. The molecular formula is C27H32N2O9S. The Labute approximate surface area is 227 Å². The number of methoxy groups -OCH3 is 3. The zero-order valence-corrected chi connectivity index (χ0v) is 23.3. The number of carbonyl (C=O) groups excluding carboxylic acids is 1. The largest absolute Gasteiger partial charge is 0.493 e. The van der Waals surface area contributed by atoms with E-state index in [2.05, 4.69) is 0 Å². The number of hydrogen-bond acceptors (Lipinski definition) is 10. The molecule has 0 aromatic heterocycles. The van der Waals surface area contributed by atoms with E-state index in [0.29, 0.717) is 65.6 Å². The van der Waals surface area contributed by atoms with Crippen LogP contribution in [0, 0.1) is 0 Å². The SMILES string of the molecule is COc1ccc2c(c1OC)C(=O)OC2[C@H]1c2c(c(S(=O)(=O)N3CCCCC3)c3c(c2OC)OCO3)CCN1C. The van der Waals surface area contributed by atoms with E-state index in [4.69, 9.17) is 28.4 Å². The third-order valence-electron chi connectivity index (χ3n) is 8.08. The fraction of sp³-hybridized carbons (Fsp3) is 0.519. The molecule has 0 bridgehead atoms. The van der Waals surface area contributed by atoms with Gasteiger partial charge in [-0.2, -0.15) is 4.31 Å². The number of ether oxygens (including phenoxy) is 6. The van der Waals surface area contributed by atoms with Crippen LogP contribution < -0.4 is 23.7 Å². The summed E-state index contributed by atoms with van der Waals surface area (Å²) in [6.45, 7) is 1.32. The molecule has 1 fully saturated rings. The number of piperidine rings is 1. The fourth-order valence-electron chi connectivity index (χ4n) is 6.30. The van der Waals surface area contributed by atoms with Gasteiger partial charge < -0.3 is 28.4 Å². The summed E-state index contributed by atoms with van der Waals surface area (Å²) < 4.78 is 64.3. The van der Waals surface area contributed by atoms with Gasteiger partial charge in [0.25, 0.3) is 0 Å². The molecule has 210 valence electrons. The lowest BCUT2D eigenvalue weighted by Gasteiger charge is -2.39. The molecule has 12 heteroatoms. The van der Waals surface area contributed by atoms with Crippen LogP contribution in [0.2, 0.25) is 0 Å². The second-order valence-electron chi connectivity index (χ2n) is 10.1. The zero-order valence-electron chi connectivity index (χ0n) is 22.4. The summed E-state index contributed by atoms with van der Waals surface area (Å²) in [4.78, 5) is 15.4. The predicted octanol–water partition coefficient (Wildman–Crippen LogP) is 3.06. The zero-order chi connectivity index (χ0) is 27.5. The summed E-state index contributed by atoms with van der Waals surface area (Å²) in [5.74, 6) is 1.01. The van der Waals surface area contributed by atoms with Crippen LogP contribution in [0.4, 0.5) is 0 Å². The van der Waals surface area contributed by atoms with Crippen molar-refractivity contribution in [2.24, 2.45) is 0 Å². The minimum Gasteiger partial charge on any atom is -0.493 e. The molecule has 0 aliphatic carbocycles. The van der Waals surface area contributed by atoms with E-state index in [1.165, 1.54) is 25.6 Å². The molecular weight excluding hydrogens is 528 g/mol. The molecule has 1 saturated heterocycles. The average Bonchev–Trinajstić information content (AvgIpc) is 3.56. The molecule has 39 heavy (non-hydrogen) atoms. The monoisotopic (exact) mass is 560 g/mol. The molecule has 11 nitrogen and oxygen atoms in total. The first kappa shape index (κ1) is 26.0. The van der Waals surface area contributed by atoms with E-state index in [1.54, 1.807) is 12.1 Å². The smallest absolute Gasteiger partial charge is 0.343 e. The second kappa shape index (κ2) is 9.76. The van der Waals surface area contributed by atoms with Gasteiger partial charge in [0, 0.05) is 30.8 Å². The highest BCUT2D eigenvalue weighted by atomic mass is 32.2. The Bertz CT molecular complexity index is 1440. The summed E-state index contributed by atoms with van der Waals surface area (Å²) >= 11 is 0. The van der Waals surface area contributed by atoms with Crippen molar-refractivity contribution < 1.29 is 41.6 Å². The van der Waals surface area contributed by atoms with Crippen molar-refractivity contribution in [3.8, 4) is 28.7 Å². The van der Waals surface area contributed by atoms with Crippen molar-refractivity contribution in [1.29, 1.82) is 0 Å². The van der Waals surface area contributed by atoms with Gasteiger partial charge in [-0.15, -0.1) is 0 Å². The van der Waals surface area contributed by atoms with Crippen LogP contribution >= 0.6 is 0 Å². The quantitative estimate of drug-likeness (QED) is 0.489. The van der Waals surface area contributed by atoms with E-state index in [-0.39, 0.29) is 23.2 Å². The van der Waals surface area contributed by atoms with Crippen LogP contribution in [0.15, 0.2) is 17.0 Å². The highest BCUT2D eigenvalue weighted by molar-refractivity contribution is 7.89. The number of sulfonamides is 1. The van der Waals surface area contributed by atoms with Gasteiger partial charge in [0.1, 0.15) is 16.6 Å². The lowest BCUT2D eigenvalue weighted by Crippen LogP contribution is -2.39. The standard InChI is InChI=1S/C27H32N2O9S/c1-28-13-10-16-18(20(28)21-15-8-9-17(33-2)22(34-3)19(15)27(30)38-21)23(35-4)24-25(37-14-36-24)26(16)39(31,32)29-11-6-5-7-12-29/h8-9,20-21H,5-7,10-14H2,1-4H3/t20-,21?/m1/s1. The number of likely N-dealkylation sites (N-methyl/N-ethyl adjacent to an activating group) is 1. The van der Waals surface area contributed by atoms with Crippen molar-refractivity contribution in [2.45, 2.75) is 42.7 Å². The lowest BCUT2D eigenvalue weighted by molar-refractivity contribution is 0.00854. The number of cyclic esters (lactones) is 1. The molecule has 4 aliphatic heterocycles. The number of carbonyl (C=O) groups is 1. The minimum absolute atomic E-state index is 0.115.